The number of rotatable bonds is 2. The first-order chi connectivity index (χ1) is 6.09. The molecule has 1 aromatic rings. The van der Waals surface area contributed by atoms with E-state index >= 15 is 0 Å². The van der Waals surface area contributed by atoms with Gasteiger partial charge >= 0.3 is 6.03 Å². The molecule has 0 fully saturated rings. The van der Waals surface area contributed by atoms with Crippen LogP contribution >= 0.6 is 0 Å². The van der Waals surface area contributed by atoms with Gasteiger partial charge in [-0.15, -0.1) is 0 Å². The summed E-state index contributed by atoms with van der Waals surface area (Å²) in [4.78, 5) is 10.4. The molecule has 0 radical (unpaired) electrons. The molecule has 0 spiro atoms. The van der Waals surface area contributed by atoms with Crippen LogP contribution in [-0.4, -0.2) is 6.03 Å². The minimum absolute atomic E-state index is 0.596. The molecule has 0 saturated carbocycles. The maximum absolute atomic E-state index is 10.4. The Hall–Kier alpha value is -1.71. The maximum Gasteiger partial charge on any atom is 0.330 e. The van der Waals surface area contributed by atoms with Gasteiger partial charge in [-0.3, -0.25) is 10.9 Å². The zero-order chi connectivity index (χ0) is 9.84. The van der Waals surface area contributed by atoms with Gasteiger partial charge < -0.3 is 5.73 Å². The standard InChI is InChI=1S/C9H13N3O/c1-6-3-4-7(2)8(5-6)11-12-9(10)13/h3-5,11H,1-2H3,(H3,10,12,13). The van der Waals surface area contributed by atoms with Crippen LogP contribution in [0.15, 0.2) is 18.2 Å². The van der Waals surface area contributed by atoms with Crippen molar-refractivity contribution >= 4 is 11.7 Å². The van der Waals surface area contributed by atoms with E-state index in [9.17, 15) is 4.79 Å². The molecule has 0 atom stereocenters. The number of primary amides is 1. The van der Waals surface area contributed by atoms with Crippen molar-refractivity contribution in [3.05, 3.63) is 29.3 Å². The Labute approximate surface area is 77.1 Å². The van der Waals surface area contributed by atoms with Crippen molar-refractivity contribution in [3.63, 3.8) is 0 Å². The monoisotopic (exact) mass is 179 g/mol. The number of aryl methyl sites for hydroxylation is 2. The number of nitrogens with two attached hydrogens (primary N) is 1. The van der Waals surface area contributed by atoms with E-state index in [4.69, 9.17) is 5.73 Å². The lowest BCUT2D eigenvalue weighted by molar-refractivity contribution is 0.250. The molecule has 0 heterocycles. The number of urea groups is 1. The van der Waals surface area contributed by atoms with Crippen LogP contribution in [0.3, 0.4) is 0 Å². The molecule has 4 N–H and O–H groups in total. The molecule has 0 aliphatic carbocycles. The fourth-order valence-electron chi connectivity index (χ4n) is 0.999. The summed E-state index contributed by atoms with van der Waals surface area (Å²) in [5.41, 5.74) is 13.0. The number of amides is 2. The number of hydrogen-bond acceptors (Lipinski definition) is 2. The first-order valence-corrected chi connectivity index (χ1v) is 3.98. The van der Waals surface area contributed by atoms with Crippen LogP contribution in [0.5, 0.6) is 0 Å². The van der Waals surface area contributed by atoms with E-state index in [0.29, 0.717) is 0 Å². The number of nitrogens with one attached hydrogen (secondary N) is 2. The van der Waals surface area contributed by atoms with Crippen molar-refractivity contribution in [2.75, 3.05) is 5.43 Å². The van der Waals surface area contributed by atoms with Crippen LogP contribution in [-0.2, 0) is 0 Å². The Bertz CT molecular complexity index is 323. The number of hydrazine groups is 1. The van der Waals surface area contributed by atoms with Gasteiger partial charge in [-0.2, -0.15) is 0 Å². The fourth-order valence-corrected chi connectivity index (χ4v) is 0.999. The molecule has 4 heteroatoms. The van der Waals surface area contributed by atoms with Gasteiger partial charge in [0.25, 0.3) is 0 Å². The molecular weight excluding hydrogens is 166 g/mol. The number of anilines is 1. The summed E-state index contributed by atoms with van der Waals surface area (Å²) in [5.74, 6) is 0. The minimum Gasteiger partial charge on any atom is -0.350 e. The van der Waals surface area contributed by atoms with E-state index in [0.717, 1.165) is 16.8 Å². The van der Waals surface area contributed by atoms with Crippen LogP contribution < -0.4 is 16.6 Å². The van der Waals surface area contributed by atoms with Gasteiger partial charge in [-0.05, 0) is 31.0 Å². The second-order valence-corrected chi connectivity index (χ2v) is 2.93. The highest BCUT2D eigenvalue weighted by molar-refractivity contribution is 5.73. The van der Waals surface area contributed by atoms with Gasteiger partial charge in [0.05, 0.1) is 5.69 Å². The highest BCUT2D eigenvalue weighted by atomic mass is 16.2. The fraction of sp³-hybridized carbons (Fsp3) is 0.222. The summed E-state index contributed by atoms with van der Waals surface area (Å²) in [7, 11) is 0. The van der Waals surface area contributed by atoms with Crippen molar-refractivity contribution in [1.82, 2.24) is 5.43 Å². The van der Waals surface area contributed by atoms with E-state index in [1.54, 1.807) is 0 Å². The molecule has 0 unspecified atom stereocenters. The molecule has 0 aromatic heterocycles. The number of hydrogen-bond donors (Lipinski definition) is 3. The van der Waals surface area contributed by atoms with Crippen LogP contribution in [0.25, 0.3) is 0 Å². The average molecular weight is 179 g/mol. The molecule has 2 amide bonds. The number of carbonyl (C=O) groups is 1. The molecule has 13 heavy (non-hydrogen) atoms. The zero-order valence-electron chi connectivity index (χ0n) is 7.72. The van der Waals surface area contributed by atoms with Crippen LogP contribution in [0.1, 0.15) is 11.1 Å². The SMILES string of the molecule is Cc1ccc(C)c(NNC(N)=O)c1. The topological polar surface area (TPSA) is 67.2 Å². The quantitative estimate of drug-likeness (QED) is 0.599. The second kappa shape index (κ2) is 3.80. The lowest BCUT2D eigenvalue weighted by atomic mass is 10.1. The normalized spacial score (nSPS) is 9.38. The van der Waals surface area contributed by atoms with Crippen LogP contribution in [0, 0.1) is 13.8 Å². The number of benzene rings is 1. The molecule has 0 aliphatic heterocycles. The first-order valence-electron chi connectivity index (χ1n) is 3.98. The first kappa shape index (κ1) is 9.38. The van der Waals surface area contributed by atoms with E-state index in [1.165, 1.54) is 0 Å². The summed E-state index contributed by atoms with van der Waals surface area (Å²) in [6, 6.07) is 5.32. The Balaban J connectivity index is 2.75. The maximum atomic E-state index is 10.4. The molecular formula is C9H13N3O. The Kier molecular flexibility index (Phi) is 2.74. The second-order valence-electron chi connectivity index (χ2n) is 2.93. The van der Waals surface area contributed by atoms with E-state index in [2.05, 4.69) is 10.9 Å². The van der Waals surface area contributed by atoms with Crippen molar-refractivity contribution < 1.29 is 4.79 Å². The van der Waals surface area contributed by atoms with Gasteiger partial charge in [-0.25, -0.2) is 4.79 Å². The summed E-state index contributed by atoms with van der Waals surface area (Å²) in [6.07, 6.45) is 0. The van der Waals surface area contributed by atoms with Crippen LogP contribution in [0.4, 0.5) is 10.5 Å². The summed E-state index contributed by atoms with van der Waals surface area (Å²) >= 11 is 0. The third-order valence-electron chi connectivity index (χ3n) is 1.71. The van der Waals surface area contributed by atoms with Gasteiger partial charge in [0, 0.05) is 0 Å². The summed E-state index contributed by atoms with van der Waals surface area (Å²) in [5, 5.41) is 0. The van der Waals surface area contributed by atoms with Crippen molar-refractivity contribution in [2.45, 2.75) is 13.8 Å². The average Bonchev–Trinajstić information content (AvgIpc) is 2.06. The van der Waals surface area contributed by atoms with Gasteiger partial charge in [0.1, 0.15) is 0 Å². The van der Waals surface area contributed by atoms with Crippen molar-refractivity contribution in [3.8, 4) is 0 Å². The van der Waals surface area contributed by atoms with Crippen molar-refractivity contribution in [2.24, 2.45) is 5.73 Å². The van der Waals surface area contributed by atoms with Crippen LogP contribution in [0.2, 0.25) is 0 Å². The predicted octanol–water partition coefficient (Wildman–Crippen LogP) is 1.30. The lowest BCUT2D eigenvalue weighted by Crippen LogP contribution is -2.34. The minimum atomic E-state index is -0.596. The molecule has 1 rings (SSSR count). The molecule has 70 valence electrons. The number of carbonyl (C=O) groups excluding carboxylic acids is 1. The smallest absolute Gasteiger partial charge is 0.330 e. The molecule has 0 saturated heterocycles. The van der Waals surface area contributed by atoms with Crippen molar-refractivity contribution in [1.29, 1.82) is 0 Å². The Morgan fingerprint density at radius 1 is 1.38 bits per heavy atom. The molecule has 0 bridgehead atoms. The van der Waals surface area contributed by atoms with E-state index in [-0.39, 0.29) is 0 Å². The predicted molar refractivity (Wildman–Crippen MR) is 52.3 cm³/mol. The summed E-state index contributed by atoms with van der Waals surface area (Å²) < 4.78 is 0. The highest BCUT2D eigenvalue weighted by Crippen LogP contribution is 2.14. The van der Waals surface area contributed by atoms with Gasteiger partial charge in [0.15, 0.2) is 0 Å². The Morgan fingerprint density at radius 3 is 2.69 bits per heavy atom. The van der Waals surface area contributed by atoms with E-state index < -0.39 is 6.03 Å². The Morgan fingerprint density at radius 2 is 2.08 bits per heavy atom. The lowest BCUT2D eigenvalue weighted by Gasteiger charge is -2.09. The van der Waals surface area contributed by atoms with Gasteiger partial charge in [-0.1, -0.05) is 12.1 Å². The third-order valence-corrected chi connectivity index (χ3v) is 1.71. The third kappa shape index (κ3) is 2.66. The van der Waals surface area contributed by atoms with Gasteiger partial charge in [0.2, 0.25) is 0 Å². The molecule has 4 nitrogen and oxygen atoms in total. The summed E-state index contributed by atoms with van der Waals surface area (Å²) in [6.45, 7) is 3.93. The molecule has 0 aliphatic rings. The highest BCUT2D eigenvalue weighted by Gasteiger charge is 1.97. The van der Waals surface area contributed by atoms with E-state index in [1.807, 2.05) is 32.0 Å². The largest absolute Gasteiger partial charge is 0.350 e. The zero-order valence-corrected chi connectivity index (χ0v) is 7.72. The molecule has 1 aromatic carbocycles.